The molecule has 0 radical (unpaired) electrons. The van der Waals surface area contributed by atoms with E-state index >= 15 is 0 Å². The van der Waals surface area contributed by atoms with Crippen LogP contribution in [0.1, 0.15) is 17.1 Å². The molecule has 0 atom stereocenters. The lowest BCUT2D eigenvalue weighted by Gasteiger charge is -2.20. The zero-order valence-corrected chi connectivity index (χ0v) is 10.3. The third kappa shape index (κ3) is 2.17. The van der Waals surface area contributed by atoms with Gasteiger partial charge in [-0.1, -0.05) is 0 Å². The molecule has 2 aromatic rings. The van der Waals surface area contributed by atoms with Gasteiger partial charge in [0.05, 0.1) is 5.69 Å². The van der Waals surface area contributed by atoms with E-state index in [1.165, 1.54) is 5.56 Å². The minimum atomic E-state index is 0.812. The first kappa shape index (κ1) is 11.1. The van der Waals surface area contributed by atoms with Crippen molar-refractivity contribution in [3.8, 4) is 0 Å². The van der Waals surface area contributed by atoms with Gasteiger partial charge in [-0.25, -0.2) is 9.97 Å². The first-order valence-corrected chi connectivity index (χ1v) is 6.07. The van der Waals surface area contributed by atoms with Crippen molar-refractivity contribution in [1.82, 2.24) is 20.3 Å². The number of aromatic nitrogens is 3. The number of anilines is 2. The average Bonchev–Trinajstić information content (AvgIpc) is 2.40. The molecule has 3 rings (SSSR count). The van der Waals surface area contributed by atoms with E-state index in [0.717, 1.165) is 42.5 Å². The molecule has 2 aromatic heterocycles. The first-order chi connectivity index (χ1) is 8.83. The SMILES string of the molecule is Cc1nc2c(c(Nc3ccncc3)n1)CNCC2. The fraction of sp³-hybridized carbons (Fsp3) is 0.308. The van der Waals surface area contributed by atoms with Crippen LogP contribution in [0.2, 0.25) is 0 Å². The molecule has 0 aromatic carbocycles. The van der Waals surface area contributed by atoms with Crippen LogP contribution in [-0.4, -0.2) is 21.5 Å². The number of pyridine rings is 1. The van der Waals surface area contributed by atoms with Crippen LogP contribution in [0, 0.1) is 6.92 Å². The van der Waals surface area contributed by atoms with Crippen molar-refractivity contribution in [2.24, 2.45) is 0 Å². The fourth-order valence-electron chi connectivity index (χ4n) is 2.14. The summed E-state index contributed by atoms with van der Waals surface area (Å²) >= 11 is 0. The van der Waals surface area contributed by atoms with Crippen LogP contribution in [0.25, 0.3) is 0 Å². The minimum Gasteiger partial charge on any atom is -0.340 e. The van der Waals surface area contributed by atoms with Crippen LogP contribution >= 0.6 is 0 Å². The highest BCUT2D eigenvalue weighted by Crippen LogP contribution is 2.23. The molecule has 0 aliphatic carbocycles. The summed E-state index contributed by atoms with van der Waals surface area (Å²) in [5, 5.41) is 6.70. The number of aryl methyl sites for hydroxylation is 1. The Labute approximate surface area is 106 Å². The van der Waals surface area contributed by atoms with E-state index < -0.39 is 0 Å². The molecule has 0 fully saturated rings. The minimum absolute atomic E-state index is 0.812. The second-order valence-corrected chi connectivity index (χ2v) is 4.33. The Kier molecular flexibility index (Phi) is 2.90. The quantitative estimate of drug-likeness (QED) is 0.835. The maximum absolute atomic E-state index is 4.51. The monoisotopic (exact) mass is 241 g/mol. The first-order valence-electron chi connectivity index (χ1n) is 6.07. The van der Waals surface area contributed by atoms with Crippen LogP contribution in [0.3, 0.4) is 0 Å². The molecule has 0 saturated carbocycles. The third-order valence-electron chi connectivity index (χ3n) is 2.99. The van der Waals surface area contributed by atoms with Crippen molar-refractivity contribution in [3.05, 3.63) is 41.6 Å². The lowest BCUT2D eigenvalue weighted by atomic mass is 10.1. The third-order valence-corrected chi connectivity index (χ3v) is 2.99. The van der Waals surface area contributed by atoms with E-state index in [9.17, 15) is 0 Å². The number of rotatable bonds is 2. The number of hydrogen-bond acceptors (Lipinski definition) is 5. The highest BCUT2D eigenvalue weighted by atomic mass is 15.1. The van der Waals surface area contributed by atoms with Crippen molar-refractivity contribution in [2.75, 3.05) is 11.9 Å². The standard InChI is InChI=1S/C13H15N5/c1-9-16-12-4-7-15-8-11(12)13(17-9)18-10-2-5-14-6-3-10/h2-3,5-6,15H,4,7-8H2,1H3,(H,14,16,17,18). The average molecular weight is 241 g/mol. The second kappa shape index (κ2) is 4.70. The predicted octanol–water partition coefficient (Wildman–Crippen LogP) is 1.57. The number of nitrogens with zero attached hydrogens (tertiary/aromatic N) is 3. The molecule has 5 nitrogen and oxygen atoms in total. The molecular weight excluding hydrogens is 226 g/mol. The summed E-state index contributed by atoms with van der Waals surface area (Å²) in [4.78, 5) is 13.0. The van der Waals surface area contributed by atoms with Gasteiger partial charge in [0.25, 0.3) is 0 Å². The Hall–Kier alpha value is -2.01. The topological polar surface area (TPSA) is 62.7 Å². The van der Waals surface area contributed by atoms with Gasteiger partial charge in [0, 0.05) is 43.2 Å². The number of nitrogens with one attached hydrogen (secondary N) is 2. The molecule has 0 amide bonds. The molecule has 0 spiro atoms. The Balaban J connectivity index is 1.98. The van der Waals surface area contributed by atoms with Crippen molar-refractivity contribution < 1.29 is 0 Å². The summed E-state index contributed by atoms with van der Waals surface area (Å²) in [6.45, 7) is 3.74. The van der Waals surface area contributed by atoms with Gasteiger partial charge < -0.3 is 10.6 Å². The maximum Gasteiger partial charge on any atom is 0.138 e. The summed E-state index contributed by atoms with van der Waals surface area (Å²) in [6.07, 6.45) is 4.49. The summed E-state index contributed by atoms with van der Waals surface area (Å²) in [5.41, 5.74) is 3.32. The van der Waals surface area contributed by atoms with Gasteiger partial charge in [0.2, 0.25) is 0 Å². The van der Waals surface area contributed by atoms with Crippen LogP contribution in [-0.2, 0) is 13.0 Å². The van der Waals surface area contributed by atoms with Gasteiger partial charge >= 0.3 is 0 Å². The van der Waals surface area contributed by atoms with Crippen LogP contribution in [0.15, 0.2) is 24.5 Å². The van der Waals surface area contributed by atoms with Gasteiger partial charge in [-0.15, -0.1) is 0 Å². The van der Waals surface area contributed by atoms with Gasteiger partial charge in [-0.3, -0.25) is 4.98 Å². The molecule has 1 aliphatic heterocycles. The normalized spacial score (nSPS) is 14.1. The Morgan fingerprint density at radius 1 is 1.22 bits per heavy atom. The zero-order chi connectivity index (χ0) is 12.4. The van der Waals surface area contributed by atoms with E-state index in [1.54, 1.807) is 12.4 Å². The van der Waals surface area contributed by atoms with Crippen LogP contribution < -0.4 is 10.6 Å². The Morgan fingerprint density at radius 2 is 2.06 bits per heavy atom. The largest absolute Gasteiger partial charge is 0.340 e. The summed E-state index contributed by atoms with van der Waals surface area (Å²) in [6, 6.07) is 3.86. The van der Waals surface area contributed by atoms with Crippen molar-refractivity contribution in [1.29, 1.82) is 0 Å². The van der Waals surface area contributed by atoms with E-state index in [-0.39, 0.29) is 0 Å². The van der Waals surface area contributed by atoms with Crippen LogP contribution in [0.5, 0.6) is 0 Å². The molecule has 0 unspecified atom stereocenters. The van der Waals surface area contributed by atoms with E-state index in [0.29, 0.717) is 0 Å². The molecule has 2 N–H and O–H groups in total. The summed E-state index contributed by atoms with van der Waals surface area (Å²) in [5.74, 6) is 1.71. The zero-order valence-electron chi connectivity index (χ0n) is 10.3. The molecule has 0 saturated heterocycles. The predicted molar refractivity (Wildman–Crippen MR) is 69.7 cm³/mol. The lowest BCUT2D eigenvalue weighted by molar-refractivity contribution is 0.625. The highest BCUT2D eigenvalue weighted by Gasteiger charge is 2.16. The Bertz CT molecular complexity index is 553. The smallest absolute Gasteiger partial charge is 0.138 e. The molecule has 3 heterocycles. The lowest BCUT2D eigenvalue weighted by Crippen LogP contribution is -2.26. The molecule has 18 heavy (non-hydrogen) atoms. The number of fused-ring (bicyclic) bond motifs is 1. The van der Waals surface area contributed by atoms with Crippen molar-refractivity contribution in [2.45, 2.75) is 19.9 Å². The fourth-order valence-corrected chi connectivity index (χ4v) is 2.14. The van der Waals surface area contributed by atoms with Crippen molar-refractivity contribution in [3.63, 3.8) is 0 Å². The molecular formula is C13H15N5. The summed E-state index contributed by atoms with van der Waals surface area (Å²) < 4.78 is 0. The second-order valence-electron chi connectivity index (χ2n) is 4.33. The molecule has 0 bridgehead atoms. The molecule has 5 heteroatoms. The van der Waals surface area contributed by atoms with Gasteiger partial charge in [0.15, 0.2) is 0 Å². The van der Waals surface area contributed by atoms with Gasteiger partial charge in [0.1, 0.15) is 11.6 Å². The van der Waals surface area contributed by atoms with E-state index in [1.807, 2.05) is 19.1 Å². The van der Waals surface area contributed by atoms with Crippen LogP contribution in [0.4, 0.5) is 11.5 Å². The summed E-state index contributed by atoms with van der Waals surface area (Å²) in [7, 11) is 0. The van der Waals surface area contributed by atoms with Crippen molar-refractivity contribution >= 4 is 11.5 Å². The number of hydrogen-bond donors (Lipinski definition) is 2. The highest BCUT2D eigenvalue weighted by molar-refractivity contribution is 5.59. The van der Waals surface area contributed by atoms with Gasteiger partial charge in [-0.2, -0.15) is 0 Å². The Morgan fingerprint density at radius 3 is 2.89 bits per heavy atom. The van der Waals surface area contributed by atoms with E-state index in [2.05, 4.69) is 25.6 Å². The van der Waals surface area contributed by atoms with E-state index in [4.69, 9.17) is 0 Å². The van der Waals surface area contributed by atoms with Gasteiger partial charge in [-0.05, 0) is 19.1 Å². The molecule has 1 aliphatic rings. The maximum atomic E-state index is 4.51. The molecule has 92 valence electrons.